The topological polar surface area (TPSA) is 66.5 Å². The number of nitrogens with one attached hydrogen (secondary N) is 1. The Kier molecular flexibility index (Phi) is 2.69. The zero-order valence-corrected chi connectivity index (χ0v) is 10.5. The Balaban J connectivity index is 2.51. The molecule has 4 amide bonds. The lowest BCUT2D eigenvalue weighted by atomic mass is 9.88. The number of carbonyl (C=O) groups is 3. The highest BCUT2D eigenvalue weighted by atomic mass is 16.2. The van der Waals surface area contributed by atoms with Crippen LogP contribution in [0.5, 0.6) is 0 Å². The molecule has 0 spiro atoms. The second kappa shape index (κ2) is 3.94. The summed E-state index contributed by atoms with van der Waals surface area (Å²) in [6.45, 7) is 4.81. The standard InChI is InChI=1S/C13H14N2O3/c1-8-6-4-5-7-9(8)15-11(17)13(2,3)10(16)14-12(15)18/h4-7H,1-3H3,(H,14,16,18). The summed E-state index contributed by atoms with van der Waals surface area (Å²) in [5.41, 5.74) is 0.0580. The minimum absolute atomic E-state index is 0.501. The number of benzene rings is 1. The second-order valence-corrected chi connectivity index (χ2v) is 4.81. The van der Waals surface area contributed by atoms with E-state index in [9.17, 15) is 14.4 Å². The van der Waals surface area contributed by atoms with Gasteiger partial charge in [-0.2, -0.15) is 0 Å². The first kappa shape index (κ1) is 12.3. The molecule has 5 nitrogen and oxygen atoms in total. The van der Waals surface area contributed by atoms with E-state index in [0.29, 0.717) is 5.69 Å². The van der Waals surface area contributed by atoms with Crippen LogP contribution in [-0.2, 0) is 9.59 Å². The van der Waals surface area contributed by atoms with Crippen LogP contribution in [0.2, 0.25) is 0 Å². The minimum atomic E-state index is -1.24. The lowest BCUT2D eigenvalue weighted by molar-refractivity contribution is -0.140. The van der Waals surface area contributed by atoms with Crippen LogP contribution in [0, 0.1) is 12.3 Å². The number of rotatable bonds is 1. The molecule has 0 aliphatic carbocycles. The lowest BCUT2D eigenvalue weighted by Gasteiger charge is -2.35. The monoisotopic (exact) mass is 246 g/mol. The summed E-state index contributed by atoms with van der Waals surface area (Å²) >= 11 is 0. The van der Waals surface area contributed by atoms with E-state index in [-0.39, 0.29) is 0 Å². The maximum atomic E-state index is 12.3. The first-order chi connectivity index (χ1) is 8.35. The Bertz CT molecular complexity index is 549. The van der Waals surface area contributed by atoms with E-state index < -0.39 is 23.3 Å². The second-order valence-electron chi connectivity index (χ2n) is 4.81. The number of hydrogen-bond donors (Lipinski definition) is 1. The van der Waals surface area contributed by atoms with Crippen molar-refractivity contribution in [3.8, 4) is 0 Å². The average molecular weight is 246 g/mol. The van der Waals surface area contributed by atoms with Gasteiger partial charge in [0, 0.05) is 0 Å². The van der Waals surface area contributed by atoms with Crippen molar-refractivity contribution in [3.63, 3.8) is 0 Å². The summed E-state index contributed by atoms with van der Waals surface area (Å²) in [5.74, 6) is -1.08. The normalized spacial score (nSPS) is 18.8. The van der Waals surface area contributed by atoms with Gasteiger partial charge in [0.2, 0.25) is 11.8 Å². The summed E-state index contributed by atoms with van der Waals surface area (Å²) in [6, 6.07) is 6.35. The van der Waals surface area contributed by atoms with Gasteiger partial charge in [0.15, 0.2) is 0 Å². The summed E-state index contributed by atoms with van der Waals surface area (Å²) in [5, 5.41) is 2.20. The maximum absolute atomic E-state index is 12.3. The highest BCUT2D eigenvalue weighted by Crippen LogP contribution is 2.29. The average Bonchev–Trinajstić information content (AvgIpc) is 2.30. The molecule has 0 radical (unpaired) electrons. The summed E-state index contributed by atoms with van der Waals surface area (Å²) < 4.78 is 0. The Morgan fingerprint density at radius 3 is 2.33 bits per heavy atom. The Morgan fingerprint density at radius 2 is 1.72 bits per heavy atom. The summed E-state index contributed by atoms with van der Waals surface area (Å²) in [7, 11) is 0. The molecule has 1 aromatic carbocycles. The highest BCUT2D eigenvalue weighted by Gasteiger charge is 2.47. The molecule has 2 rings (SSSR count). The number of amides is 4. The number of nitrogens with zero attached hydrogens (tertiary/aromatic N) is 1. The number of urea groups is 1. The van der Waals surface area contributed by atoms with E-state index >= 15 is 0 Å². The fourth-order valence-electron chi connectivity index (χ4n) is 1.81. The van der Waals surface area contributed by atoms with Crippen LogP contribution < -0.4 is 10.2 Å². The molecule has 0 bridgehead atoms. The van der Waals surface area contributed by atoms with Gasteiger partial charge in [0.1, 0.15) is 5.41 Å². The predicted molar refractivity (Wildman–Crippen MR) is 66.0 cm³/mol. The van der Waals surface area contributed by atoms with Crippen molar-refractivity contribution in [3.05, 3.63) is 29.8 Å². The molecule has 1 aliphatic heterocycles. The molecule has 0 atom stereocenters. The smallest absolute Gasteiger partial charge is 0.276 e. The number of imide groups is 2. The number of barbiturate groups is 1. The molecule has 1 heterocycles. The van der Waals surface area contributed by atoms with Gasteiger partial charge in [-0.15, -0.1) is 0 Å². The minimum Gasteiger partial charge on any atom is -0.276 e. The van der Waals surface area contributed by atoms with E-state index in [0.717, 1.165) is 10.5 Å². The van der Waals surface area contributed by atoms with Gasteiger partial charge in [-0.1, -0.05) is 18.2 Å². The van der Waals surface area contributed by atoms with Crippen molar-refractivity contribution in [1.29, 1.82) is 0 Å². The van der Waals surface area contributed by atoms with E-state index in [1.54, 1.807) is 25.1 Å². The van der Waals surface area contributed by atoms with Gasteiger partial charge < -0.3 is 0 Å². The number of carbonyl (C=O) groups excluding carboxylic acids is 3. The van der Waals surface area contributed by atoms with Gasteiger partial charge in [-0.3, -0.25) is 14.9 Å². The van der Waals surface area contributed by atoms with Crippen LogP contribution in [-0.4, -0.2) is 17.8 Å². The Hall–Kier alpha value is -2.17. The summed E-state index contributed by atoms with van der Waals surface area (Å²) in [6.07, 6.45) is 0. The summed E-state index contributed by atoms with van der Waals surface area (Å²) in [4.78, 5) is 36.7. The maximum Gasteiger partial charge on any atom is 0.335 e. The van der Waals surface area contributed by atoms with Crippen LogP contribution in [0.1, 0.15) is 19.4 Å². The highest BCUT2D eigenvalue weighted by molar-refractivity contribution is 6.29. The van der Waals surface area contributed by atoms with Crippen LogP contribution >= 0.6 is 0 Å². The van der Waals surface area contributed by atoms with Crippen molar-refractivity contribution < 1.29 is 14.4 Å². The van der Waals surface area contributed by atoms with Crippen molar-refractivity contribution >= 4 is 23.5 Å². The predicted octanol–water partition coefficient (Wildman–Crippen LogP) is 1.60. The molecule has 0 unspecified atom stereocenters. The molecule has 1 aliphatic rings. The molecular weight excluding hydrogens is 232 g/mol. The molecule has 94 valence electrons. The van der Waals surface area contributed by atoms with Gasteiger partial charge in [0.05, 0.1) is 5.69 Å². The zero-order chi connectivity index (χ0) is 13.5. The van der Waals surface area contributed by atoms with Crippen LogP contribution in [0.4, 0.5) is 10.5 Å². The molecule has 0 aromatic heterocycles. The third kappa shape index (κ3) is 1.68. The van der Waals surface area contributed by atoms with Crippen LogP contribution in [0.25, 0.3) is 0 Å². The van der Waals surface area contributed by atoms with Crippen LogP contribution in [0.15, 0.2) is 24.3 Å². The van der Waals surface area contributed by atoms with Crippen molar-refractivity contribution in [2.24, 2.45) is 5.41 Å². The fraction of sp³-hybridized carbons (Fsp3) is 0.308. The zero-order valence-electron chi connectivity index (χ0n) is 10.5. The first-order valence-electron chi connectivity index (χ1n) is 5.61. The molecule has 0 saturated carbocycles. The molecule has 18 heavy (non-hydrogen) atoms. The largest absolute Gasteiger partial charge is 0.335 e. The molecule has 1 saturated heterocycles. The van der Waals surface area contributed by atoms with Crippen molar-refractivity contribution in [2.45, 2.75) is 20.8 Å². The molecule has 5 heteroatoms. The van der Waals surface area contributed by atoms with E-state index in [2.05, 4.69) is 5.32 Å². The quantitative estimate of drug-likeness (QED) is 0.765. The number of para-hydroxylation sites is 1. The molecular formula is C13H14N2O3. The van der Waals surface area contributed by atoms with Gasteiger partial charge >= 0.3 is 6.03 Å². The molecule has 1 aromatic rings. The first-order valence-corrected chi connectivity index (χ1v) is 5.61. The molecule has 1 N–H and O–H groups in total. The third-order valence-electron chi connectivity index (χ3n) is 3.09. The Morgan fingerprint density at radius 1 is 1.11 bits per heavy atom. The Labute approximate surface area is 105 Å². The van der Waals surface area contributed by atoms with Crippen LogP contribution in [0.3, 0.4) is 0 Å². The number of aryl methyl sites for hydroxylation is 1. The fourth-order valence-corrected chi connectivity index (χ4v) is 1.81. The lowest BCUT2D eigenvalue weighted by Crippen LogP contribution is -2.62. The van der Waals surface area contributed by atoms with Gasteiger partial charge in [-0.25, -0.2) is 9.69 Å². The van der Waals surface area contributed by atoms with Crippen molar-refractivity contribution in [2.75, 3.05) is 4.90 Å². The SMILES string of the molecule is Cc1ccccc1N1C(=O)NC(=O)C(C)(C)C1=O. The third-order valence-corrected chi connectivity index (χ3v) is 3.09. The number of hydrogen-bond acceptors (Lipinski definition) is 3. The van der Waals surface area contributed by atoms with E-state index in [1.165, 1.54) is 13.8 Å². The molecule has 1 fully saturated rings. The van der Waals surface area contributed by atoms with E-state index in [4.69, 9.17) is 0 Å². The van der Waals surface area contributed by atoms with Gasteiger partial charge in [0.25, 0.3) is 0 Å². The van der Waals surface area contributed by atoms with Gasteiger partial charge in [-0.05, 0) is 32.4 Å². The van der Waals surface area contributed by atoms with E-state index in [1.807, 2.05) is 6.07 Å². The number of anilines is 1. The van der Waals surface area contributed by atoms with Crippen molar-refractivity contribution in [1.82, 2.24) is 5.32 Å².